The lowest BCUT2D eigenvalue weighted by Crippen LogP contribution is -2.49. The molecule has 2 aromatic heterocycles. The highest BCUT2D eigenvalue weighted by atomic mass is 32.1. The van der Waals surface area contributed by atoms with Crippen molar-refractivity contribution in [3.05, 3.63) is 65.1 Å². The van der Waals surface area contributed by atoms with Gasteiger partial charge in [0, 0.05) is 18.8 Å². The maximum Gasteiger partial charge on any atom is 0.188 e. The van der Waals surface area contributed by atoms with Gasteiger partial charge in [-0.1, -0.05) is 24.3 Å². The SMILES string of the molecule is C[C@H]1C[C@@H](c2ccncc2CC(=O)c2nc(-c3c(F)cccc3F)sc2N)C[C@@H](O)[C@]1(C)O. The normalized spacial score (nSPS) is 25.2. The van der Waals surface area contributed by atoms with Crippen molar-refractivity contribution in [1.29, 1.82) is 0 Å². The fraction of sp³-hybridized carbons (Fsp3) is 0.375. The predicted molar refractivity (Wildman–Crippen MR) is 122 cm³/mol. The van der Waals surface area contributed by atoms with Crippen LogP contribution in [-0.2, 0) is 6.42 Å². The number of aliphatic hydroxyl groups excluding tert-OH is 1. The van der Waals surface area contributed by atoms with E-state index in [9.17, 15) is 23.8 Å². The van der Waals surface area contributed by atoms with Gasteiger partial charge in [-0.2, -0.15) is 0 Å². The summed E-state index contributed by atoms with van der Waals surface area (Å²) in [7, 11) is 0. The molecule has 6 nitrogen and oxygen atoms in total. The lowest BCUT2D eigenvalue weighted by molar-refractivity contribution is -0.123. The third-order valence-corrected chi connectivity index (χ3v) is 7.55. The number of nitrogens with zero attached hydrogens (tertiary/aromatic N) is 2. The average molecular weight is 474 g/mol. The monoisotopic (exact) mass is 473 g/mol. The molecule has 0 bridgehead atoms. The third kappa shape index (κ3) is 4.40. The Morgan fingerprint density at radius 1 is 1.27 bits per heavy atom. The minimum absolute atomic E-state index is 0.00400. The molecular weight excluding hydrogens is 448 g/mol. The van der Waals surface area contributed by atoms with Crippen LogP contribution in [-0.4, -0.2) is 37.7 Å². The second kappa shape index (κ2) is 8.89. The third-order valence-electron chi connectivity index (χ3n) is 6.64. The van der Waals surface area contributed by atoms with Crippen molar-refractivity contribution in [2.75, 3.05) is 5.73 Å². The van der Waals surface area contributed by atoms with Crippen LogP contribution in [0.4, 0.5) is 13.8 Å². The van der Waals surface area contributed by atoms with Gasteiger partial charge in [0.15, 0.2) is 5.78 Å². The molecule has 0 radical (unpaired) electrons. The van der Waals surface area contributed by atoms with Crippen molar-refractivity contribution in [3.8, 4) is 10.6 Å². The molecule has 0 amide bonds. The Kier molecular flexibility index (Phi) is 6.30. The number of rotatable bonds is 5. The van der Waals surface area contributed by atoms with Gasteiger partial charge in [-0.25, -0.2) is 13.8 Å². The molecule has 1 saturated carbocycles. The van der Waals surface area contributed by atoms with Crippen molar-refractivity contribution in [1.82, 2.24) is 9.97 Å². The molecule has 3 aromatic rings. The number of carbonyl (C=O) groups excluding carboxylic acids is 1. The molecule has 1 fully saturated rings. The van der Waals surface area contributed by atoms with E-state index in [4.69, 9.17) is 5.73 Å². The molecule has 0 unspecified atom stereocenters. The average Bonchev–Trinajstić information content (AvgIpc) is 3.13. The number of carbonyl (C=O) groups is 1. The minimum Gasteiger partial charge on any atom is -0.390 e. The molecule has 0 spiro atoms. The first kappa shape index (κ1) is 23.4. The lowest BCUT2D eigenvalue weighted by atomic mass is 9.68. The number of nitrogen functional groups attached to an aromatic ring is 1. The topological polar surface area (TPSA) is 109 Å². The maximum absolute atomic E-state index is 14.2. The number of halogens is 2. The standard InChI is InChI=1S/C24H25F2N3O3S/c1-12-8-13(10-19(31)24(12,2)32)15-6-7-28-11-14(15)9-18(30)21-22(27)33-23(29-21)20-16(25)4-3-5-17(20)26/h3-7,11-13,19,31-32H,8-10,27H2,1-2H3/t12-,13+,19+,24+/m0/s1. The van der Waals surface area contributed by atoms with Gasteiger partial charge in [-0.15, -0.1) is 0 Å². The van der Waals surface area contributed by atoms with Crippen LogP contribution in [0.25, 0.3) is 10.6 Å². The molecule has 4 atom stereocenters. The fourth-order valence-corrected chi connectivity index (χ4v) is 5.33. The highest BCUT2D eigenvalue weighted by molar-refractivity contribution is 7.19. The molecule has 2 heterocycles. The van der Waals surface area contributed by atoms with E-state index < -0.39 is 29.1 Å². The summed E-state index contributed by atoms with van der Waals surface area (Å²) in [6, 6.07) is 5.31. The van der Waals surface area contributed by atoms with Crippen molar-refractivity contribution in [2.24, 2.45) is 5.92 Å². The highest BCUT2D eigenvalue weighted by Crippen LogP contribution is 2.43. The molecule has 4 rings (SSSR count). The molecule has 1 aromatic carbocycles. The van der Waals surface area contributed by atoms with Gasteiger partial charge in [0.1, 0.15) is 27.3 Å². The van der Waals surface area contributed by atoms with Crippen LogP contribution in [0.1, 0.15) is 54.2 Å². The Balaban J connectivity index is 1.61. The van der Waals surface area contributed by atoms with Crippen LogP contribution in [0.15, 0.2) is 36.7 Å². The predicted octanol–water partition coefficient (Wildman–Crippen LogP) is 4.12. The molecule has 1 aliphatic rings. The Bertz CT molecular complexity index is 1160. The van der Waals surface area contributed by atoms with Crippen LogP contribution in [0, 0.1) is 17.6 Å². The number of aliphatic hydroxyl groups is 2. The highest BCUT2D eigenvalue weighted by Gasteiger charge is 2.43. The minimum atomic E-state index is -1.17. The first-order valence-electron chi connectivity index (χ1n) is 10.7. The van der Waals surface area contributed by atoms with Gasteiger partial charge >= 0.3 is 0 Å². The lowest BCUT2D eigenvalue weighted by Gasteiger charge is -2.43. The summed E-state index contributed by atoms with van der Waals surface area (Å²) in [5, 5.41) is 21.1. The molecule has 4 N–H and O–H groups in total. The number of hydrogen-bond acceptors (Lipinski definition) is 7. The van der Waals surface area contributed by atoms with Gasteiger partial charge < -0.3 is 15.9 Å². The molecule has 9 heteroatoms. The zero-order valence-corrected chi connectivity index (χ0v) is 19.1. The number of nitrogens with two attached hydrogens (primary N) is 1. The Hall–Kier alpha value is -2.75. The number of thiazole rings is 1. The molecule has 1 aliphatic carbocycles. The van der Waals surface area contributed by atoms with E-state index in [1.54, 1.807) is 19.3 Å². The fourth-order valence-electron chi connectivity index (χ4n) is 4.43. The second-order valence-corrected chi connectivity index (χ2v) is 9.84. The van der Waals surface area contributed by atoms with E-state index in [0.717, 1.165) is 29.0 Å². The van der Waals surface area contributed by atoms with Crippen molar-refractivity contribution < 1.29 is 23.8 Å². The number of ketones is 1. The summed E-state index contributed by atoms with van der Waals surface area (Å²) in [4.78, 5) is 21.4. The van der Waals surface area contributed by atoms with Crippen LogP contribution >= 0.6 is 11.3 Å². The number of hydrogen-bond donors (Lipinski definition) is 3. The van der Waals surface area contributed by atoms with E-state index >= 15 is 0 Å². The van der Waals surface area contributed by atoms with Gasteiger partial charge in [-0.05, 0) is 60.9 Å². The summed E-state index contributed by atoms with van der Waals surface area (Å²) in [5.41, 5.74) is 6.01. The summed E-state index contributed by atoms with van der Waals surface area (Å²) in [6.45, 7) is 3.53. The van der Waals surface area contributed by atoms with Crippen LogP contribution in [0.2, 0.25) is 0 Å². The second-order valence-electron chi connectivity index (χ2n) is 8.81. The zero-order chi connectivity index (χ0) is 23.9. The number of Topliss-reactive ketones (excluding diaryl/α,β-unsaturated/α-hetero) is 1. The zero-order valence-electron chi connectivity index (χ0n) is 18.3. The number of pyridine rings is 1. The first-order valence-corrected chi connectivity index (χ1v) is 11.5. The molecule has 0 aliphatic heterocycles. The van der Waals surface area contributed by atoms with E-state index in [1.807, 2.05) is 13.0 Å². The Morgan fingerprint density at radius 3 is 2.64 bits per heavy atom. The largest absolute Gasteiger partial charge is 0.390 e. The van der Waals surface area contributed by atoms with Gasteiger partial charge in [-0.3, -0.25) is 9.78 Å². The van der Waals surface area contributed by atoms with E-state index in [2.05, 4.69) is 9.97 Å². The summed E-state index contributed by atoms with van der Waals surface area (Å²) in [6.07, 6.45) is 3.28. The molecular formula is C24H25F2N3O3S. The van der Waals surface area contributed by atoms with Crippen LogP contribution in [0.3, 0.4) is 0 Å². The maximum atomic E-state index is 14.2. The number of aromatic nitrogens is 2. The van der Waals surface area contributed by atoms with Crippen molar-refractivity contribution >= 4 is 22.1 Å². The molecule has 174 valence electrons. The molecule has 0 saturated heterocycles. The van der Waals surface area contributed by atoms with Gasteiger partial charge in [0.05, 0.1) is 17.3 Å². The van der Waals surface area contributed by atoms with Crippen molar-refractivity contribution in [3.63, 3.8) is 0 Å². The van der Waals surface area contributed by atoms with Gasteiger partial charge in [0.25, 0.3) is 0 Å². The van der Waals surface area contributed by atoms with E-state index in [-0.39, 0.29) is 39.5 Å². The molecule has 33 heavy (non-hydrogen) atoms. The van der Waals surface area contributed by atoms with E-state index in [0.29, 0.717) is 18.4 Å². The summed E-state index contributed by atoms with van der Waals surface area (Å²) < 4.78 is 28.3. The van der Waals surface area contributed by atoms with Crippen LogP contribution in [0.5, 0.6) is 0 Å². The smallest absolute Gasteiger partial charge is 0.188 e. The van der Waals surface area contributed by atoms with Crippen LogP contribution < -0.4 is 5.73 Å². The first-order chi connectivity index (χ1) is 15.6. The Labute approximate surface area is 194 Å². The Morgan fingerprint density at radius 2 is 1.97 bits per heavy atom. The van der Waals surface area contributed by atoms with Crippen molar-refractivity contribution in [2.45, 2.75) is 50.7 Å². The van der Waals surface area contributed by atoms with E-state index in [1.165, 1.54) is 6.07 Å². The number of benzene rings is 1. The summed E-state index contributed by atoms with van der Waals surface area (Å²) in [5.74, 6) is -2.15. The summed E-state index contributed by atoms with van der Waals surface area (Å²) >= 11 is 0.857. The van der Waals surface area contributed by atoms with Gasteiger partial charge in [0.2, 0.25) is 0 Å². The number of anilines is 1. The quantitative estimate of drug-likeness (QED) is 0.481.